The lowest BCUT2D eigenvalue weighted by molar-refractivity contribution is 0.310. The highest BCUT2D eigenvalue weighted by Crippen LogP contribution is 2.24. The number of sulfonamides is 1. The maximum atomic E-state index is 12.5. The first-order chi connectivity index (χ1) is 9.48. The van der Waals surface area contributed by atoms with Crippen LogP contribution in [0.4, 0.5) is 0 Å². The van der Waals surface area contributed by atoms with Gasteiger partial charge in [0.05, 0.1) is 22.6 Å². The van der Waals surface area contributed by atoms with Crippen molar-refractivity contribution in [3.8, 4) is 12.1 Å². The van der Waals surface area contributed by atoms with Crippen molar-refractivity contribution in [2.24, 2.45) is 5.92 Å². The minimum absolute atomic E-state index is 0.0517. The van der Waals surface area contributed by atoms with Gasteiger partial charge in [-0.2, -0.15) is 14.8 Å². The predicted molar refractivity (Wildman–Crippen MR) is 73.0 cm³/mol. The molecule has 0 bridgehead atoms. The zero-order valence-electron chi connectivity index (χ0n) is 11.2. The van der Waals surface area contributed by atoms with E-state index >= 15 is 0 Å². The predicted octanol–water partition coefficient (Wildman–Crippen LogP) is 1.79. The van der Waals surface area contributed by atoms with Crippen LogP contribution in [0.5, 0.6) is 0 Å². The SMILES string of the molecule is Cc1cc(S(=O)(=O)N2CCC(C#N)CC2)ccc1C#N. The van der Waals surface area contributed by atoms with Gasteiger partial charge >= 0.3 is 0 Å². The fourth-order valence-electron chi connectivity index (χ4n) is 2.30. The van der Waals surface area contributed by atoms with E-state index in [0.717, 1.165) is 0 Å². The van der Waals surface area contributed by atoms with Gasteiger partial charge in [-0.05, 0) is 43.5 Å². The van der Waals surface area contributed by atoms with Crippen LogP contribution in [0.3, 0.4) is 0 Å². The number of nitrogens with zero attached hydrogens (tertiary/aromatic N) is 3. The first-order valence-electron chi connectivity index (χ1n) is 6.39. The number of nitriles is 2. The molecule has 5 nitrogen and oxygen atoms in total. The number of aryl methyl sites for hydroxylation is 1. The number of hydrogen-bond donors (Lipinski definition) is 0. The Labute approximate surface area is 119 Å². The van der Waals surface area contributed by atoms with Gasteiger partial charge in [0.1, 0.15) is 0 Å². The van der Waals surface area contributed by atoms with Crippen LogP contribution in [-0.2, 0) is 10.0 Å². The van der Waals surface area contributed by atoms with Gasteiger partial charge in [-0.3, -0.25) is 0 Å². The summed E-state index contributed by atoms with van der Waals surface area (Å²) in [6.07, 6.45) is 1.15. The quantitative estimate of drug-likeness (QED) is 0.830. The van der Waals surface area contributed by atoms with E-state index in [1.807, 2.05) is 6.07 Å². The first-order valence-corrected chi connectivity index (χ1v) is 7.83. The molecule has 0 aromatic heterocycles. The standard InChI is InChI=1S/C14H15N3O2S/c1-11-8-14(3-2-13(11)10-16)20(18,19)17-6-4-12(9-15)5-7-17/h2-3,8,12H,4-7H2,1H3. The summed E-state index contributed by atoms with van der Waals surface area (Å²) in [5, 5.41) is 17.7. The Bertz CT molecular complexity index is 690. The van der Waals surface area contributed by atoms with Crippen molar-refractivity contribution in [3.05, 3.63) is 29.3 Å². The third kappa shape index (κ3) is 2.67. The molecule has 1 heterocycles. The largest absolute Gasteiger partial charge is 0.243 e. The second-order valence-corrected chi connectivity index (χ2v) is 6.83. The lowest BCUT2D eigenvalue weighted by Crippen LogP contribution is -2.38. The van der Waals surface area contributed by atoms with Gasteiger partial charge in [-0.1, -0.05) is 0 Å². The molecule has 1 saturated heterocycles. The summed E-state index contributed by atoms with van der Waals surface area (Å²) in [5.41, 5.74) is 1.13. The molecule has 0 atom stereocenters. The Balaban J connectivity index is 2.26. The molecular weight excluding hydrogens is 274 g/mol. The van der Waals surface area contributed by atoms with E-state index < -0.39 is 10.0 Å². The van der Waals surface area contributed by atoms with Crippen molar-refractivity contribution in [1.82, 2.24) is 4.31 Å². The molecule has 1 aromatic rings. The van der Waals surface area contributed by atoms with Gasteiger partial charge in [-0.25, -0.2) is 8.42 Å². The molecule has 1 aliphatic heterocycles. The van der Waals surface area contributed by atoms with Crippen LogP contribution in [0.2, 0.25) is 0 Å². The highest BCUT2D eigenvalue weighted by Gasteiger charge is 2.29. The van der Waals surface area contributed by atoms with E-state index in [1.54, 1.807) is 6.92 Å². The van der Waals surface area contributed by atoms with E-state index in [2.05, 4.69) is 6.07 Å². The molecule has 0 radical (unpaired) electrons. The van der Waals surface area contributed by atoms with Crippen molar-refractivity contribution in [3.63, 3.8) is 0 Å². The van der Waals surface area contributed by atoms with Crippen LogP contribution in [0, 0.1) is 35.5 Å². The minimum Gasteiger partial charge on any atom is -0.207 e. The van der Waals surface area contributed by atoms with Crippen molar-refractivity contribution >= 4 is 10.0 Å². The van der Waals surface area contributed by atoms with Crippen molar-refractivity contribution in [2.75, 3.05) is 13.1 Å². The second-order valence-electron chi connectivity index (χ2n) is 4.90. The van der Waals surface area contributed by atoms with Crippen molar-refractivity contribution in [2.45, 2.75) is 24.7 Å². The Kier molecular flexibility index (Phi) is 4.08. The summed E-state index contributed by atoms with van der Waals surface area (Å²) in [5.74, 6) is -0.0517. The van der Waals surface area contributed by atoms with Crippen LogP contribution >= 0.6 is 0 Å². The van der Waals surface area contributed by atoms with E-state index in [4.69, 9.17) is 10.5 Å². The van der Waals surface area contributed by atoms with Crippen molar-refractivity contribution < 1.29 is 8.42 Å². The molecule has 1 fully saturated rings. The minimum atomic E-state index is -3.53. The number of piperidine rings is 1. The van der Waals surface area contributed by atoms with Gasteiger partial charge < -0.3 is 0 Å². The lowest BCUT2D eigenvalue weighted by atomic mass is 10.0. The molecule has 0 amide bonds. The van der Waals surface area contributed by atoms with E-state index in [9.17, 15) is 8.42 Å². The average Bonchev–Trinajstić information content (AvgIpc) is 2.47. The Morgan fingerprint density at radius 1 is 1.25 bits per heavy atom. The normalized spacial score (nSPS) is 17.4. The highest BCUT2D eigenvalue weighted by atomic mass is 32.2. The van der Waals surface area contributed by atoms with Crippen molar-refractivity contribution in [1.29, 1.82) is 10.5 Å². The first kappa shape index (κ1) is 14.5. The van der Waals surface area contributed by atoms with Gasteiger partial charge in [0.25, 0.3) is 0 Å². The summed E-state index contributed by atoms with van der Waals surface area (Å²) in [6, 6.07) is 8.74. The molecular formula is C14H15N3O2S. The molecule has 2 rings (SSSR count). The number of benzene rings is 1. The third-order valence-electron chi connectivity index (χ3n) is 3.59. The second kappa shape index (κ2) is 5.62. The van der Waals surface area contributed by atoms with Crippen LogP contribution in [0.25, 0.3) is 0 Å². The van der Waals surface area contributed by atoms with Crippen LogP contribution in [-0.4, -0.2) is 25.8 Å². The molecule has 20 heavy (non-hydrogen) atoms. The Morgan fingerprint density at radius 2 is 1.90 bits per heavy atom. The molecule has 6 heteroatoms. The van der Waals surface area contributed by atoms with Gasteiger partial charge in [0.15, 0.2) is 0 Å². The Hall–Kier alpha value is -1.89. The molecule has 1 aliphatic rings. The monoisotopic (exact) mass is 289 g/mol. The van der Waals surface area contributed by atoms with E-state index in [1.165, 1.54) is 22.5 Å². The maximum Gasteiger partial charge on any atom is 0.243 e. The smallest absolute Gasteiger partial charge is 0.207 e. The van der Waals surface area contributed by atoms with Crippen LogP contribution in [0.1, 0.15) is 24.0 Å². The van der Waals surface area contributed by atoms with E-state index in [-0.39, 0.29) is 10.8 Å². The summed E-state index contributed by atoms with van der Waals surface area (Å²) < 4.78 is 26.4. The number of hydrogen-bond acceptors (Lipinski definition) is 4. The van der Waals surface area contributed by atoms with E-state index in [0.29, 0.717) is 37.1 Å². The van der Waals surface area contributed by atoms with Gasteiger partial charge in [-0.15, -0.1) is 0 Å². The summed E-state index contributed by atoms with van der Waals surface area (Å²) >= 11 is 0. The zero-order chi connectivity index (χ0) is 14.8. The summed E-state index contributed by atoms with van der Waals surface area (Å²) in [7, 11) is -3.53. The van der Waals surface area contributed by atoms with Crippen LogP contribution in [0.15, 0.2) is 23.1 Å². The fourth-order valence-corrected chi connectivity index (χ4v) is 3.85. The van der Waals surface area contributed by atoms with Gasteiger partial charge in [0, 0.05) is 19.0 Å². The van der Waals surface area contributed by atoms with Crippen LogP contribution < -0.4 is 0 Å². The topological polar surface area (TPSA) is 85.0 Å². The molecule has 0 saturated carbocycles. The summed E-state index contributed by atoms with van der Waals surface area (Å²) in [4.78, 5) is 0.212. The lowest BCUT2D eigenvalue weighted by Gasteiger charge is -2.28. The molecule has 104 valence electrons. The molecule has 0 unspecified atom stereocenters. The molecule has 0 spiro atoms. The van der Waals surface area contributed by atoms with Gasteiger partial charge in [0.2, 0.25) is 10.0 Å². The summed E-state index contributed by atoms with van der Waals surface area (Å²) in [6.45, 7) is 2.47. The fraction of sp³-hybridized carbons (Fsp3) is 0.429. The number of rotatable bonds is 2. The third-order valence-corrected chi connectivity index (χ3v) is 5.49. The molecule has 0 aliphatic carbocycles. The zero-order valence-corrected chi connectivity index (χ0v) is 12.0. The maximum absolute atomic E-state index is 12.5. The molecule has 0 N–H and O–H groups in total. The highest BCUT2D eigenvalue weighted by molar-refractivity contribution is 7.89. The average molecular weight is 289 g/mol. The molecule has 1 aromatic carbocycles. The Morgan fingerprint density at radius 3 is 2.40 bits per heavy atom.